The molecule has 1 amide bonds. The number of aliphatic hydroxyl groups is 1. The van der Waals surface area contributed by atoms with Crippen LogP contribution in [0.15, 0.2) is 46.3 Å². The fraction of sp³-hybridized carbons (Fsp3) is 0.350. The molecule has 0 fully saturated rings. The molecule has 0 spiro atoms. The van der Waals surface area contributed by atoms with Gasteiger partial charge in [0.25, 0.3) is 0 Å². The van der Waals surface area contributed by atoms with E-state index in [1.54, 1.807) is 11.3 Å². The van der Waals surface area contributed by atoms with Gasteiger partial charge >= 0.3 is 0 Å². The Hall–Kier alpha value is -2.51. The van der Waals surface area contributed by atoms with Gasteiger partial charge in [-0.3, -0.25) is 4.79 Å². The number of nitrogens with one attached hydrogen (secondary N) is 1. The topological polar surface area (TPSA) is 88.2 Å². The molecule has 0 radical (unpaired) electrons. The summed E-state index contributed by atoms with van der Waals surface area (Å²) in [4.78, 5) is 17.7. The van der Waals surface area contributed by atoms with Crippen molar-refractivity contribution in [1.29, 1.82) is 0 Å². The molecule has 1 aliphatic carbocycles. The van der Waals surface area contributed by atoms with Gasteiger partial charge < -0.3 is 14.9 Å². The van der Waals surface area contributed by atoms with Crippen molar-refractivity contribution in [3.05, 3.63) is 58.8 Å². The SMILES string of the molecule is O=C(CCCc1nc(-c2cccs2)no1)NC1CC(CO)c2ccccc21. The molecule has 2 aromatic heterocycles. The van der Waals surface area contributed by atoms with Gasteiger partial charge in [-0.25, -0.2) is 0 Å². The maximum absolute atomic E-state index is 12.3. The van der Waals surface area contributed by atoms with Crippen LogP contribution in [0.25, 0.3) is 10.7 Å². The maximum Gasteiger partial charge on any atom is 0.226 e. The van der Waals surface area contributed by atoms with E-state index >= 15 is 0 Å². The summed E-state index contributed by atoms with van der Waals surface area (Å²) < 4.78 is 5.26. The average molecular weight is 383 g/mol. The highest BCUT2D eigenvalue weighted by molar-refractivity contribution is 7.13. The van der Waals surface area contributed by atoms with Crippen LogP contribution in [0.5, 0.6) is 0 Å². The second kappa shape index (κ2) is 8.02. The Morgan fingerprint density at radius 3 is 2.89 bits per heavy atom. The first-order valence-electron chi connectivity index (χ1n) is 9.10. The molecule has 2 atom stereocenters. The van der Waals surface area contributed by atoms with Gasteiger partial charge in [-0.15, -0.1) is 11.3 Å². The molecule has 1 aromatic carbocycles. The molecule has 0 bridgehead atoms. The number of thiophene rings is 1. The van der Waals surface area contributed by atoms with Gasteiger partial charge in [0.1, 0.15) is 0 Å². The number of carbonyl (C=O) groups excluding carboxylic acids is 1. The van der Waals surface area contributed by atoms with Crippen molar-refractivity contribution in [2.45, 2.75) is 37.6 Å². The summed E-state index contributed by atoms with van der Waals surface area (Å²) in [6, 6.07) is 11.9. The van der Waals surface area contributed by atoms with Gasteiger partial charge in [-0.1, -0.05) is 35.5 Å². The highest BCUT2D eigenvalue weighted by Gasteiger charge is 2.30. The normalized spacial score (nSPS) is 18.4. The van der Waals surface area contributed by atoms with Crippen LogP contribution in [0, 0.1) is 0 Å². The third-order valence-electron chi connectivity index (χ3n) is 4.89. The summed E-state index contributed by atoms with van der Waals surface area (Å²) in [7, 11) is 0. The molecular weight excluding hydrogens is 362 g/mol. The smallest absolute Gasteiger partial charge is 0.226 e. The molecule has 3 aromatic rings. The standard InChI is InChI=1S/C20H21N3O3S/c24-12-13-11-16(15-6-2-1-5-14(13)15)21-18(25)8-3-9-19-22-20(23-26-19)17-7-4-10-27-17/h1-2,4-7,10,13,16,24H,3,8-9,11-12H2,(H,21,25). The molecule has 1 aliphatic rings. The van der Waals surface area contributed by atoms with Crippen molar-refractivity contribution in [2.75, 3.05) is 6.61 Å². The second-order valence-electron chi connectivity index (χ2n) is 6.71. The van der Waals surface area contributed by atoms with E-state index in [0.29, 0.717) is 31.0 Å². The Balaban J connectivity index is 1.28. The lowest BCUT2D eigenvalue weighted by molar-refractivity contribution is -0.122. The molecule has 2 N–H and O–H groups in total. The molecule has 4 rings (SSSR count). The lowest BCUT2D eigenvalue weighted by atomic mass is 10.0. The molecule has 2 unspecified atom stereocenters. The number of carbonyl (C=O) groups is 1. The lowest BCUT2D eigenvalue weighted by Gasteiger charge is -2.14. The largest absolute Gasteiger partial charge is 0.396 e. The van der Waals surface area contributed by atoms with Gasteiger partial charge in [-0.2, -0.15) is 4.98 Å². The van der Waals surface area contributed by atoms with Gasteiger partial charge in [-0.05, 0) is 35.4 Å². The monoisotopic (exact) mass is 383 g/mol. The molecule has 140 valence electrons. The van der Waals surface area contributed by atoms with E-state index in [1.807, 2.05) is 41.8 Å². The van der Waals surface area contributed by atoms with Crippen LogP contribution in [0.4, 0.5) is 0 Å². The van der Waals surface area contributed by atoms with Gasteiger partial charge in [0, 0.05) is 18.8 Å². The van der Waals surface area contributed by atoms with Crippen molar-refractivity contribution in [1.82, 2.24) is 15.5 Å². The van der Waals surface area contributed by atoms with E-state index in [2.05, 4.69) is 15.5 Å². The Morgan fingerprint density at radius 2 is 2.11 bits per heavy atom. The van der Waals surface area contributed by atoms with Crippen molar-refractivity contribution in [3.63, 3.8) is 0 Å². The highest BCUT2D eigenvalue weighted by atomic mass is 32.1. The van der Waals surface area contributed by atoms with Crippen molar-refractivity contribution in [2.24, 2.45) is 0 Å². The first-order chi connectivity index (χ1) is 13.2. The summed E-state index contributed by atoms with van der Waals surface area (Å²) in [5.74, 6) is 1.26. The van der Waals surface area contributed by atoms with Crippen LogP contribution in [-0.2, 0) is 11.2 Å². The molecule has 0 saturated carbocycles. The Bertz CT molecular complexity index is 907. The zero-order valence-corrected chi connectivity index (χ0v) is 15.6. The molecule has 7 heteroatoms. The van der Waals surface area contributed by atoms with Crippen LogP contribution < -0.4 is 5.32 Å². The Morgan fingerprint density at radius 1 is 1.26 bits per heavy atom. The molecular formula is C20H21N3O3S. The Kier molecular flexibility index (Phi) is 5.31. The van der Waals surface area contributed by atoms with Crippen LogP contribution in [0.2, 0.25) is 0 Å². The maximum atomic E-state index is 12.3. The van der Waals surface area contributed by atoms with Gasteiger partial charge in [0.2, 0.25) is 17.6 Å². The number of amides is 1. The zero-order valence-electron chi connectivity index (χ0n) is 14.8. The number of hydrogen-bond donors (Lipinski definition) is 2. The van der Waals surface area contributed by atoms with Crippen molar-refractivity contribution < 1.29 is 14.4 Å². The minimum absolute atomic E-state index is 0.00592. The van der Waals surface area contributed by atoms with E-state index in [-0.39, 0.29) is 24.5 Å². The molecule has 6 nitrogen and oxygen atoms in total. The summed E-state index contributed by atoms with van der Waals surface area (Å²) in [6.45, 7) is 0.104. The molecule has 27 heavy (non-hydrogen) atoms. The number of rotatable bonds is 7. The van der Waals surface area contributed by atoms with Crippen LogP contribution >= 0.6 is 11.3 Å². The van der Waals surface area contributed by atoms with E-state index < -0.39 is 0 Å². The van der Waals surface area contributed by atoms with Gasteiger partial charge in [0.05, 0.1) is 17.5 Å². The summed E-state index contributed by atoms with van der Waals surface area (Å²) in [5.41, 5.74) is 2.25. The molecule has 0 aliphatic heterocycles. The molecule has 2 heterocycles. The van der Waals surface area contributed by atoms with E-state index in [9.17, 15) is 9.90 Å². The number of benzene rings is 1. The second-order valence-corrected chi connectivity index (χ2v) is 7.65. The minimum atomic E-state index is -0.0281. The van der Waals surface area contributed by atoms with E-state index in [1.165, 1.54) is 0 Å². The highest BCUT2D eigenvalue weighted by Crippen LogP contribution is 2.39. The number of hydrogen-bond acceptors (Lipinski definition) is 6. The third kappa shape index (κ3) is 3.94. The van der Waals surface area contributed by atoms with Crippen molar-refractivity contribution in [3.8, 4) is 10.7 Å². The van der Waals surface area contributed by atoms with Crippen LogP contribution in [0.3, 0.4) is 0 Å². The Labute approximate surface area is 161 Å². The summed E-state index contributed by atoms with van der Waals surface area (Å²) >= 11 is 1.57. The number of nitrogens with zero attached hydrogens (tertiary/aromatic N) is 2. The number of aryl methyl sites for hydroxylation is 1. The first kappa shape index (κ1) is 17.9. The third-order valence-corrected chi connectivity index (χ3v) is 5.76. The molecule has 0 saturated heterocycles. The average Bonchev–Trinajstić information content (AvgIpc) is 3.42. The predicted octanol–water partition coefficient (Wildman–Crippen LogP) is 3.46. The van der Waals surface area contributed by atoms with Crippen LogP contribution in [-0.4, -0.2) is 27.8 Å². The summed E-state index contributed by atoms with van der Waals surface area (Å²) in [5, 5.41) is 18.6. The lowest BCUT2D eigenvalue weighted by Crippen LogP contribution is -2.27. The predicted molar refractivity (Wildman–Crippen MR) is 102 cm³/mol. The zero-order chi connectivity index (χ0) is 18.6. The number of aliphatic hydroxyl groups excluding tert-OH is 1. The number of aromatic nitrogens is 2. The van der Waals surface area contributed by atoms with E-state index in [0.717, 1.165) is 22.4 Å². The van der Waals surface area contributed by atoms with Crippen LogP contribution in [0.1, 0.15) is 48.2 Å². The van der Waals surface area contributed by atoms with Crippen molar-refractivity contribution >= 4 is 17.2 Å². The summed E-state index contributed by atoms with van der Waals surface area (Å²) in [6.07, 6.45) is 2.37. The minimum Gasteiger partial charge on any atom is -0.396 e. The first-order valence-corrected chi connectivity index (χ1v) is 9.98. The van der Waals surface area contributed by atoms with Gasteiger partial charge in [0.15, 0.2) is 0 Å². The quantitative estimate of drug-likeness (QED) is 0.652. The van der Waals surface area contributed by atoms with E-state index in [4.69, 9.17) is 4.52 Å². The fourth-order valence-electron chi connectivity index (χ4n) is 3.58. The fourth-order valence-corrected chi connectivity index (χ4v) is 4.23. The number of fused-ring (bicyclic) bond motifs is 1.